The van der Waals surface area contributed by atoms with Crippen molar-refractivity contribution in [1.82, 2.24) is 9.47 Å². The van der Waals surface area contributed by atoms with Crippen molar-refractivity contribution in [2.45, 2.75) is 76.7 Å². The first-order valence-corrected chi connectivity index (χ1v) is 17.8. The predicted octanol–water partition coefficient (Wildman–Crippen LogP) is 5.61. The molecule has 0 bridgehead atoms. The first-order valence-electron chi connectivity index (χ1n) is 16.4. The number of aromatic hydroxyl groups is 1. The van der Waals surface area contributed by atoms with Crippen molar-refractivity contribution < 1.29 is 23.1 Å². The zero-order valence-corrected chi connectivity index (χ0v) is 28.2. The molecule has 256 valence electrons. The van der Waals surface area contributed by atoms with Crippen molar-refractivity contribution in [3.05, 3.63) is 64.4 Å². The van der Waals surface area contributed by atoms with Crippen molar-refractivity contribution >= 4 is 50.3 Å². The van der Waals surface area contributed by atoms with Gasteiger partial charge in [-0.1, -0.05) is 19.3 Å². The van der Waals surface area contributed by atoms with Crippen LogP contribution in [0.3, 0.4) is 0 Å². The Morgan fingerprint density at radius 1 is 1.00 bits per heavy atom. The molecule has 0 radical (unpaired) electrons. The maximum atomic E-state index is 14.0. The molecule has 1 aliphatic heterocycles. The number of rotatable bonds is 12. The molecule has 2 amide bonds. The highest BCUT2D eigenvalue weighted by Crippen LogP contribution is 2.35. The zero-order valence-electron chi connectivity index (χ0n) is 27.4. The highest BCUT2D eigenvalue weighted by Gasteiger charge is 2.29. The summed E-state index contributed by atoms with van der Waals surface area (Å²) < 4.78 is 30.7. The van der Waals surface area contributed by atoms with Crippen molar-refractivity contribution in [3.63, 3.8) is 0 Å². The van der Waals surface area contributed by atoms with Gasteiger partial charge in [-0.3, -0.25) is 23.3 Å². The fourth-order valence-electron chi connectivity index (χ4n) is 6.29. The summed E-state index contributed by atoms with van der Waals surface area (Å²) in [6.45, 7) is 4.61. The van der Waals surface area contributed by atoms with E-state index in [0.29, 0.717) is 49.5 Å². The molecule has 0 spiro atoms. The van der Waals surface area contributed by atoms with E-state index in [1.54, 1.807) is 36.1 Å². The Kier molecular flexibility index (Phi) is 10.8. The summed E-state index contributed by atoms with van der Waals surface area (Å²) in [6.07, 6.45) is 6.98. The molecule has 1 saturated carbocycles. The van der Waals surface area contributed by atoms with Gasteiger partial charge in [0.25, 0.3) is 15.6 Å². The van der Waals surface area contributed by atoms with E-state index in [2.05, 4.69) is 15.5 Å². The average Bonchev–Trinajstić information content (AvgIpc) is 3.49. The van der Waals surface area contributed by atoms with Crippen molar-refractivity contribution in [1.29, 1.82) is 0 Å². The third-order valence-corrected chi connectivity index (χ3v) is 10.8. The monoisotopic (exact) mass is 677 g/mol. The van der Waals surface area contributed by atoms with E-state index in [9.17, 15) is 27.9 Å². The molecular weight excluding hydrogens is 634 g/mol. The third-order valence-electron chi connectivity index (χ3n) is 9.00. The lowest BCUT2D eigenvalue weighted by molar-refractivity contribution is -0.127. The standard InChI is InChI=1S/C34H43N7O6S/c1-23-31(35)33(44)40(21-7-20-39-19-6-10-30(39)43)34(45)32(23)38-37-27-13-17-29(18-14-27)48(46,47)41(22-25-8-4-3-5-9-25)28-15-11-26(12-16-28)36-24(2)42/h11-18,25,45H,3-10,19-22,35H2,1-2H3,(H,36,42)/b38-37+. The lowest BCUT2D eigenvalue weighted by Crippen LogP contribution is -2.36. The van der Waals surface area contributed by atoms with Gasteiger partial charge in [-0.05, 0) is 87.1 Å². The number of sulfonamides is 1. The number of nitrogens with two attached hydrogens (primary N) is 1. The number of likely N-dealkylation sites (tertiary alicyclic amines) is 1. The van der Waals surface area contributed by atoms with E-state index in [4.69, 9.17) is 5.73 Å². The summed E-state index contributed by atoms with van der Waals surface area (Å²) in [4.78, 5) is 38.1. The number of amides is 2. The van der Waals surface area contributed by atoms with Gasteiger partial charge in [0.05, 0.1) is 16.3 Å². The number of carbonyl (C=O) groups is 2. The summed E-state index contributed by atoms with van der Waals surface area (Å²) >= 11 is 0. The fourth-order valence-corrected chi connectivity index (χ4v) is 7.83. The number of hydrogen-bond acceptors (Lipinski definition) is 9. The van der Waals surface area contributed by atoms with Gasteiger partial charge in [-0.2, -0.15) is 5.11 Å². The van der Waals surface area contributed by atoms with Crippen LogP contribution in [0.15, 0.2) is 68.4 Å². The molecule has 2 aromatic carbocycles. The van der Waals surface area contributed by atoms with Crippen LogP contribution < -0.4 is 20.9 Å². The second kappa shape index (κ2) is 15.0. The number of aromatic nitrogens is 1. The number of nitrogens with zero attached hydrogens (tertiary/aromatic N) is 5. The molecule has 2 fully saturated rings. The quantitative estimate of drug-likeness (QED) is 0.209. The average molecular weight is 678 g/mol. The van der Waals surface area contributed by atoms with E-state index in [0.717, 1.165) is 43.1 Å². The summed E-state index contributed by atoms with van der Waals surface area (Å²) in [5, 5.41) is 22.1. The highest BCUT2D eigenvalue weighted by atomic mass is 32.2. The number of carbonyl (C=O) groups excluding carboxylic acids is 2. The number of nitrogen functional groups attached to an aromatic ring is 1. The summed E-state index contributed by atoms with van der Waals surface area (Å²) in [5.41, 5.74) is 7.18. The number of azo groups is 1. The van der Waals surface area contributed by atoms with E-state index >= 15 is 0 Å². The molecule has 13 nitrogen and oxygen atoms in total. The molecule has 5 rings (SSSR count). The maximum Gasteiger partial charge on any atom is 0.276 e. The Hall–Kier alpha value is -4.72. The molecule has 2 aliphatic rings. The maximum absolute atomic E-state index is 14.0. The van der Waals surface area contributed by atoms with Gasteiger partial charge in [-0.25, -0.2) is 8.42 Å². The van der Waals surface area contributed by atoms with E-state index in [-0.39, 0.29) is 52.0 Å². The lowest BCUT2D eigenvalue weighted by atomic mass is 9.89. The molecule has 1 saturated heterocycles. The van der Waals surface area contributed by atoms with Crippen LogP contribution in [0.1, 0.15) is 63.9 Å². The van der Waals surface area contributed by atoms with Gasteiger partial charge in [0.1, 0.15) is 5.69 Å². The minimum Gasteiger partial charge on any atom is -0.493 e. The second-order valence-electron chi connectivity index (χ2n) is 12.5. The predicted molar refractivity (Wildman–Crippen MR) is 184 cm³/mol. The normalized spacial score (nSPS) is 15.7. The van der Waals surface area contributed by atoms with Gasteiger partial charge in [0, 0.05) is 50.8 Å². The third kappa shape index (κ3) is 7.87. The van der Waals surface area contributed by atoms with Crippen LogP contribution in [0.2, 0.25) is 0 Å². The van der Waals surface area contributed by atoms with Gasteiger partial charge in [0.15, 0.2) is 5.69 Å². The molecule has 48 heavy (non-hydrogen) atoms. The molecule has 3 aromatic rings. The van der Waals surface area contributed by atoms with Crippen molar-refractivity contribution in [3.8, 4) is 5.88 Å². The van der Waals surface area contributed by atoms with Crippen LogP contribution in [0, 0.1) is 12.8 Å². The Morgan fingerprint density at radius 2 is 1.69 bits per heavy atom. The van der Waals surface area contributed by atoms with Crippen LogP contribution in [0.4, 0.5) is 28.4 Å². The van der Waals surface area contributed by atoms with E-state index in [1.165, 1.54) is 35.5 Å². The Balaban J connectivity index is 1.36. The molecule has 14 heteroatoms. The smallest absolute Gasteiger partial charge is 0.276 e. The van der Waals surface area contributed by atoms with Gasteiger partial charge in [0.2, 0.25) is 17.7 Å². The zero-order chi connectivity index (χ0) is 34.4. The molecule has 0 atom stereocenters. The SMILES string of the molecule is CC(=O)Nc1ccc(N(CC2CCCCC2)S(=O)(=O)c2ccc(/N=N/c3c(C)c(N)c(=O)n(CCCN4CCCC4=O)c3O)cc2)cc1. The molecule has 0 unspecified atom stereocenters. The van der Waals surface area contributed by atoms with Crippen LogP contribution in [0.5, 0.6) is 5.88 Å². The second-order valence-corrected chi connectivity index (χ2v) is 14.3. The minimum absolute atomic E-state index is 0.0300. The molecule has 2 heterocycles. The first kappa shape index (κ1) is 34.6. The number of pyridine rings is 1. The molecule has 1 aromatic heterocycles. The van der Waals surface area contributed by atoms with Crippen LogP contribution in [0.25, 0.3) is 0 Å². The van der Waals surface area contributed by atoms with Gasteiger partial charge >= 0.3 is 0 Å². The van der Waals surface area contributed by atoms with Crippen molar-refractivity contribution in [2.24, 2.45) is 16.1 Å². The highest BCUT2D eigenvalue weighted by molar-refractivity contribution is 7.92. The summed E-state index contributed by atoms with van der Waals surface area (Å²) in [7, 11) is -3.97. The number of nitrogens with one attached hydrogen (secondary N) is 1. The largest absolute Gasteiger partial charge is 0.493 e. The first-order chi connectivity index (χ1) is 23.0. The van der Waals surface area contributed by atoms with Crippen LogP contribution in [-0.2, 0) is 26.2 Å². The summed E-state index contributed by atoms with van der Waals surface area (Å²) in [6, 6.07) is 12.7. The molecule has 1 aliphatic carbocycles. The lowest BCUT2D eigenvalue weighted by Gasteiger charge is -2.31. The Bertz CT molecular complexity index is 1830. The number of hydrogen-bond donors (Lipinski definition) is 3. The molecule has 4 N–H and O–H groups in total. The Morgan fingerprint density at radius 3 is 2.31 bits per heavy atom. The van der Waals surface area contributed by atoms with E-state index < -0.39 is 15.6 Å². The Labute approximate surface area is 280 Å². The van der Waals surface area contributed by atoms with E-state index in [1.807, 2.05) is 0 Å². The van der Waals surface area contributed by atoms with Gasteiger partial charge < -0.3 is 21.1 Å². The number of anilines is 3. The summed E-state index contributed by atoms with van der Waals surface area (Å²) in [5.74, 6) is -0.289. The van der Waals surface area contributed by atoms with Gasteiger partial charge in [-0.15, -0.1) is 5.11 Å². The fraction of sp³-hybridized carbons (Fsp3) is 0.441. The van der Waals surface area contributed by atoms with Crippen LogP contribution >= 0.6 is 0 Å². The minimum atomic E-state index is -3.97. The number of benzene rings is 2. The van der Waals surface area contributed by atoms with Crippen molar-refractivity contribution in [2.75, 3.05) is 35.0 Å². The van der Waals surface area contributed by atoms with Crippen LogP contribution in [-0.4, -0.2) is 54.4 Å². The molecular formula is C34H43N7O6S. The topological polar surface area (TPSA) is 180 Å².